The van der Waals surface area contributed by atoms with Crippen LogP contribution in [0.1, 0.15) is 18.1 Å². The molecule has 1 aromatic carbocycles. The topological polar surface area (TPSA) is 84.3 Å². The Morgan fingerprint density at radius 3 is 2.64 bits per heavy atom. The lowest BCUT2D eigenvalue weighted by Gasteiger charge is -2.15. The summed E-state index contributed by atoms with van der Waals surface area (Å²) in [6, 6.07) is 8.02. The van der Waals surface area contributed by atoms with Gasteiger partial charge in [0, 0.05) is 26.3 Å². The van der Waals surface area contributed by atoms with Crippen LogP contribution >= 0.6 is 0 Å². The Hall–Kier alpha value is -2.19. The van der Waals surface area contributed by atoms with E-state index in [1.54, 1.807) is 0 Å². The van der Waals surface area contributed by atoms with Gasteiger partial charge in [0.1, 0.15) is 11.4 Å². The van der Waals surface area contributed by atoms with E-state index in [4.69, 9.17) is 0 Å². The number of rotatable bonds is 7. The first-order valence-electron chi connectivity index (χ1n) is 7.99. The first-order chi connectivity index (χ1) is 11.7. The predicted octanol–water partition coefficient (Wildman–Crippen LogP) is 1.19. The molecular weight excluding hydrogens is 340 g/mol. The van der Waals surface area contributed by atoms with Crippen molar-refractivity contribution in [1.82, 2.24) is 19.4 Å². The standard InChI is InChI=1S/C17H24N4O3S/c1-13-7-5-6-8-15(13)9-14(2)19-17(22)12-21-11-16(10-18-21)25(23,24)20(3)4/h5-8,10-11,14H,9,12H2,1-4H3,(H,19,22). The summed E-state index contributed by atoms with van der Waals surface area (Å²) in [4.78, 5) is 12.2. The van der Waals surface area contributed by atoms with E-state index < -0.39 is 10.0 Å². The second-order valence-electron chi connectivity index (χ2n) is 6.26. The zero-order valence-electron chi connectivity index (χ0n) is 14.9. The lowest BCUT2D eigenvalue weighted by molar-refractivity contribution is -0.122. The highest BCUT2D eigenvalue weighted by molar-refractivity contribution is 7.89. The monoisotopic (exact) mass is 364 g/mol. The van der Waals surface area contributed by atoms with Crippen LogP contribution in [0.15, 0.2) is 41.6 Å². The third kappa shape index (κ3) is 4.90. The van der Waals surface area contributed by atoms with E-state index in [2.05, 4.69) is 10.4 Å². The van der Waals surface area contributed by atoms with Gasteiger partial charge in [-0.15, -0.1) is 0 Å². The average Bonchev–Trinajstić information content (AvgIpc) is 2.98. The number of hydrogen-bond donors (Lipinski definition) is 1. The van der Waals surface area contributed by atoms with Crippen molar-refractivity contribution in [3.05, 3.63) is 47.8 Å². The predicted molar refractivity (Wildman–Crippen MR) is 95.6 cm³/mol. The Morgan fingerprint density at radius 1 is 1.32 bits per heavy atom. The minimum Gasteiger partial charge on any atom is -0.352 e. The van der Waals surface area contributed by atoms with Crippen molar-refractivity contribution in [2.45, 2.75) is 37.8 Å². The van der Waals surface area contributed by atoms with Crippen molar-refractivity contribution >= 4 is 15.9 Å². The molecule has 0 radical (unpaired) electrons. The van der Waals surface area contributed by atoms with Crippen LogP contribution < -0.4 is 5.32 Å². The Balaban J connectivity index is 1.94. The molecule has 8 heteroatoms. The molecule has 0 fully saturated rings. The van der Waals surface area contributed by atoms with Crippen molar-refractivity contribution in [1.29, 1.82) is 0 Å². The van der Waals surface area contributed by atoms with Crippen LogP contribution in [0.3, 0.4) is 0 Å². The Morgan fingerprint density at radius 2 is 2.00 bits per heavy atom. The fourth-order valence-electron chi connectivity index (χ4n) is 2.46. The van der Waals surface area contributed by atoms with Crippen LogP contribution in [-0.4, -0.2) is 48.5 Å². The maximum absolute atomic E-state index is 12.2. The van der Waals surface area contributed by atoms with Gasteiger partial charge in [-0.1, -0.05) is 24.3 Å². The summed E-state index contributed by atoms with van der Waals surface area (Å²) in [7, 11) is -0.640. The number of amides is 1. The van der Waals surface area contributed by atoms with Crippen molar-refractivity contribution in [3.8, 4) is 0 Å². The fourth-order valence-corrected chi connectivity index (χ4v) is 3.32. The Kier molecular flexibility index (Phi) is 5.97. The number of carbonyl (C=O) groups is 1. The molecule has 1 heterocycles. The maximum Gasteiger partial charge on any atom is 0.245 e. The van der Waals surface area contributed by atoms with Crippen LogP contribution in [0, 0.1) is 6.92 Å². The second kappa shape index (κ2) is 7.79. The first kappa shape index (κ1) is 19.1. The smallest absolute Gasteiger partial charge is 0.245 e. The van der Waals surface area contributed by atoms with Gasteiger partial charge in [-0.3, -0.25) is 9.48 Å². The highest BCUT2D eigenvalue weighted by Crippen LogP contribution is 2.12. The zero-order valence-corrected chi connectivity index (χ0v) is 15.7. The van der Waals surface area contributed by atoms with E-state index >= 15 is 0 Å². The molecule has 0 saturated carbocycles. The Bertz CT molecular complexity index is 843. The molecule has 2 rings (SSSR count). The number of nitrogens with zero attached hydrogens (tertiary/aromatic N) is 3. The van der Waals surface area contributed by atoms with Crippen molar-refractivity contribution < 1.29 is 13.2 Å². The lowest BCUT2D eigenvalue weighted by atomic mass is 10.0. The number of sulfonamides is 1. The second-order valence-corrected chi connectivity index (χ2v) is 8.41. The van der Waals surface area contributed by atoms with Gasteiger partial charge in [0.2, 0.25) is 15.9 Å². The molecule has 0 aliphatic carbocycles. The lowest BCUT2D eigenvalue weighted by Crippen LogP contribution is -2.36. The van der Waals surface area contributed by atoms with E-state index in [0.29, 0.717) is 0 Å². The van der Waals surface area contributed by atoms with Gasteiger partial charge in [0.15, 0.2) is 0 Å². The van der Waals surface area contributed by atoms with E-state index in [1.165, 1.54) is 42.3 Å². The van der Waals surface area contributed by atoms with Crippen molar-refractivity contribution in [2.24, 2.45) is 0 Å². The third-order valence-electron chi connectivity index (χ3n) is 3.89. The molecule has 1 unspecified atom stereocenters. The molecule has 0 aliphatic heterocycles. The average molecular weight is 364 g/mol. The van der Waals surface area contributed by atoms with E-state index in [9.17, 15) is 13.2 Å². The molecule has 1 N–H and O–H groups in total. The molecule has 0 saturated heterocycles. The number of aromatic nitrogens is 2. The van der Waals surface area contributed by atoms with Gasteiger partial charge >= 0.3 is 0 Å². The number of hydrogen-bond acceptors (Lipinski definition) is 4. The van der Waals surface area contributed by atoms with Gasteiger partial charge in [0.05, 0.1) is 6.20 Å². The number of carbonyl (C=O) groups excluding carboxylic acids is 1. The molecule has 0 spiro atoms. The van der Waals surface area contributed by atoms with E-state index in [1.807, 2.05) is 38.1 Å². The zero-order chi connectivity index (χ0) is 18.6. The molecule has 1 aromatic heterocycles. The highest BCUT2D eigenvalue weighted by Gasteiger charge is 2.20. The number of aryl methyl sites for hydroxylation is 1. The van der Waals surface area contributed by atoms with Gasteiger partial charge in [0.25, 0.3) is 0 Å². The van der Waals surface area contributed by atoms with Gasteiger partial charge in [-0.05, 0) is 31.4 Å². The van der Waals surface area contributed by atoms with Crippen LogP contribution in [0.5, 0.6) is 0 Å². The van der Waals surface area contributed by atoms with E-state index in [0.717, 1.165) is 10.7 Å². The quantitative estimate of drug-likeness (QED) is 0.800. The summed E-state index contributed by atoms with van der Waals surface area (Å²) in [5.41, 5.74) is 2.38. The minimum absolute atomic E-state index is 0.0267. The van der Waals surface area contributed by atoms with Crippen LogP contribution in [0.2, 0.25) is 0 Å². The molecular formula is C17H24N4O3S. The largest absolute Gasteiger partial charge is 0.352 e. The summed E-state index contributed by atoms with van der Waals surface area (Å²) >= 11 is 0. The highest BCUT2D eigenvalue weighted by atomic mass is 32.2. The molecule has 136 valence electrons. The van der Waals surface area contributed by atoms with Crippen LogP contribution in [0.4, 0.5) is 0 Å². The summed E-state index contributed by atoms with van der Waals surface area (Å²) in [5, 5.41) is 6.88. The van der Waals surface area contributed by atoms with Gasteiger partial charge < -0.3 is 5.32 Å². The molecule has 0 bridgehead atoms. The summed E-state index contributed by atoms with van der Waals surface area (Å²) < 4.78 is 26.5. The normalized spacial score (nSPS) is 13.0. The SMILES string of the molecule is Cc1ccccc1CC(C)NC(=O)Cn1cc(S(=O)(=O)N(C)C)cn1. The molecule has 7 nitrogen and oxygen atoms in total. The molecule has 1 amide bonds. The fraction of sp³-hybridized carbons (Fsp3) is 0.412. The molecule has 2 aromatic rings. The first-order valence-corrected chi connectivity index (χ1v) is 9.43. The van der Waals surface area contributed by atoms with Crippen LogP contribution in [0.25, 0.3) is 0 Å². The summed E-state index contributed by atoms with van der Waals surface area (Å²) in [6.45, 7) is 3.96. The van der Waals surface area contributed by atoms with Crippen molar-refractivity contribution in [2.75, 3.05) is 14.1 Å². The molecule has 25 heavy (non-hydrogen) atoms. The molecule has 0 aliphatic rings. The third-order valence-corrected chi connectivity index (χ3v) is 5.66. The van der Waals surface area contributed by atoms with Gasteiger partial charge in [-0.25, -0.2) is 12.7 Å². The molecule has 1 atom stereocenters. The van der Waals surface area contributed by atoms with E-state index in [-0.39, 0.29) is 23.4 Å². The minimum atomic E-state index is -3.54. The summed E-state index contributed by atoms with van der Waals surface area (Å²) in [5.74, 6) is -0.210. The number of benzene rings is 1. The van der Waals surface area contributed by atoms with Crippen LogP contribution in [-0.2, 0) is 27.8 Å². The Labute approximate surface area is 148 Å². The maximum atomic E-state index is 12.2. The van der Waals surface area contributed by atoms with Crippen molar-refractivity contribution in [3.63, 3.8) is 0 Å². The van der Waals surface area contributed by atoms with Gasteiger partial charge in [-0.2, -0.15) is 5.10 Å². The summed E-state index contributed by atoms with van der Waals surface area (Å²) in [6.07, 6.45) is 3.35. The number of nitrogens with one attached hydrogen (secondary N) is 1.